The lowest BCUT2D eigenvalue weighted by Crippen LogP contribution is -2.42. The van der Waals surface area contributed by atoms with Crippen LogP contribution in [0.4, 0.5) is 0 Å². The Kier molecular flexibility index (Phi) is 4.22. The highest BCUT2D eigenvalue weighted by Gasteiger charge is 2.21. The van der Waals surface area contributed by atoms with Crippen LogP contribution in [0.2, 0.25) is 0 Å². The summed E-state index contributed by atoms with van der Waals surface area (Å²) in [6.45, 7) is 3.37. The van der Waals surface area contributed by atoms with Crippen LogP contribution in [0.15, 0.2) is 36.4 Å². The van der Waals surface area contributed by atoms with Crippen LogP contribution in [0.3, 0.4) is 0 Å². The van der Waals surface area contributed by atoms with Crippen LogP contribution in [0.5, 0.6) is 0 Å². The molecule has 2 aromatic heterocycles. The third-order valence-corrected chi connectivity index (χ3v) is 4.06. The van der Waals surface area contributed by atoms with Gasteiger partial charge >= 0.3 is 0 Å². The lowest BCUT2D eigenvalue weighted by Gasteiger charge is -2.12. The maximum Gasteiger partial charge on any atom is 0.252 e. The molecule has 3 N–H and O–H groups in total. The van der Waals surface area contributed by atoms with E-state index in [4.69, 9.17) is 5.73 Å². The van der Waals surface area contributed by atoms with E-state index >= 15 is 0 Å². The molecule has 3 aromatic rings. The van der Waals surface area contributed by atoms with Gasteiger partial charge in [-0.2, -0.15) is 5.10 Å². The van der Waals surface area contributed by atoms with Crippen LogP contribution in [0, 0.1) is 6.92 Å². The summed E-state index contributed by atoms with van der Waals surface area (Å²) in [4.78, 5) is 28.7. The van der Waals surface area contributed by atoms with Crippen LogP contribution >= 0.6 is 0 Å². The number of carbonyl (C=O) groups is 2. The Balaban J connectivity index is 2.18. The molecule has 0 saturated heterocycles. The van der Waals surface area contributed by atoms with Crippen molar-refractivity contribution in [2.24, 2.45) is 12.8 Å². The average Bonchev–Trinajstić information content (AvgIpc) is 2.89. The number of aryl methyl sites for hydroxylation is 2. The molecule has 7 nitrogen and oxygen atoms in total. The van der Waals surface area contributed by atoms with Gasteiger partial charge in [0.1, 0.15) is 6.04 Å². The van der Waals surface area contributed by atoms with Crippen LogP contribution in [-0.2, 0) is 11.8 Å². The lowest BCUT2D eigenvalue weighted by atomic mass is 10.0. The van der Waals surface area contributed by atoms with Gasteiger partial charge in [-0.1, -0.05) is 30.3 Å². The zero-order valence-corrected chi connectivity index (χ0v) is 14.3. The molecule has 0 bridgehead atoms. The van der Waals surface area contributed by atoms with Gasteiger partial charge in [0, 0.05) is 12.6 Å². The number of fused-ring (bicyclic) bond motifs is 1. The molecular formula is C18H19N5O2. The van der Waals surface area contributed by atoms with Crippen molar-refractivity contribution in [3.05, 3.63) is 47.7 Å². The number of carbonyl (C=O) groups excluding carboxylic acids is 2. The lowest BCUT2D eigenvalue weighted by molar-refractivity contribution is -0.119. The van der Waals surface area contributed by atoms with Gasteiger partial charge in [-0.15, -0.1) is 0 Å². The second kappa shape index (κ2) is 6.35. The molecule has 3 rings (SSSR count). The number of nitrogens with zero attached hydrogens (tertiary/aromatic N) is 3. The minimum atomic E-state index is -0.770. The van der Waals surface area contributed by atoms with Crippen molar-refractivity contribution in [1.29, 1.82) is 0 Å². The highest BCUT2D eigenvalue weighted by molar-refractivity contribution is 6.08. The minimum Gasteiger partial charge on any atom is -0.368 e. The number of primary amides is 1. The summed E-state index contributed by atoms with van der Waals surface area (Å²) in [6, 6.07) is 10.5. The fraction of sp³-hybridized carbons (Fsp3) is 0.222. The van der Waals surface area contributed by atoms with E-state index < -0.39 is 11.9 Å². The van der Waals surface area contributed by atoms with Crippen molar-refractivity contribution < 1.29 is 9.59 Å². The highest BCUT2D eigenvalue weighted by Crippen LogP contribution is 2.26. The second-order valence-electron chi connectivity index (χ2n) is 5.93. The highest BCUT2D eigenvalue weighted by atomic mass is 16.2. The quantitative estimate of drug-likeness (QED) is 0.754. The maximum atomic E-state index is 12.7. The molecule has 2 heterocycles. The number of benzene rings is 1. The Bertz CT molecular complexity index is 963. The summed E-state index contributed by atoms with van der Waals surface area (Å²) in [7, 11) is 1.78. The Hall–Kier alpha value is -3.22. The standard InChI is InChI=1S/C18H19N5O2/c1-10-15-13(18(25)20-11(2)16(19)24)9-14(12-7-5-4-6-8-12)21-17(15)23(3)22-10/h4-9,11H,1-3H3,(H2,19,24)(H,20,25). The summed E-state index contributed by atoms with van der Waals surface area (Å²) < 4.78 is 1.64. The van der Waals surface area contributed by atoms with Crippen molar-refractivity contribution in [1.82, 2.24) is 20.1 Å². The van der Waals surface area contributed by atoms with E-state index in [-0.39, 0.29) is 5.91 Å². The average molecular weight is 337 g/mol. The first kappa shape index (κ1) is 16.6. The molecule has 2 amide bonds. The number of amides is 2. The topological polar surface area (TPSA) is 103 Å². The van der Waals surface area contributed by atoms with Crippen molar-refractivity contribution in [3.8, 4) is 11.3 Å². The summed E-state index contributed by atoms with van der Waals surface area (Å²) in [5.74, 6) is -0.975. The molecule has 0 radical (unpaired) electrons. The van der Waals surface area contributed by atoms with Crippen molar-refractivity contribution in [2.75, 3.05) is 0 Å². The molecule has 7 heteroatoms. The summed E-state index contributed by atoms with van der Waals surface area (Å²) >= 11 is 0. The zero-order chi connectivity index (χ0) is 18.1. The van der Waals surface area contributed by atoms with E-state index in [1.165, 1.54) is 0 Å². The molecule has 0 aliphatic carbocycles. The van der Waals surface area contributed by atoms with Crippen LogP contribution in [0.1, 0.15) is 23.0 Å². The summed E-state index contributed by atoms with van der Waals surface area (Å²) in [6.07, 6.45) is 0. The van der Waals surface area contributed by atoms with E-state index in [0.29, 0.717) is 28.0 Å². The Labute approximate surface area is 144 Å². The summed E-state index contributed by atoms with van der Waals surface area (Å²) in [5.41, 5.74) is 8.52. The number of rotatable bonds is 4. The number of aromatic nitrogens is 3. The van der Waals surface area contributed by atoms with Gasteiger partial charge in [0.05, 0.1) is 22.3 Å². The van der Waals surface area contributed by atoms with E-state index in [2.05, 4.69) is 15.4 Å². The van der Waals surface area contributed by atoms with Crippen LogP contribution < -0.4 is 11.1 Å². The fourth-order valence-electron chi connectivity index (χ4n) is 2.73. The van der Waals surface area contributed by atoms with Gasteiger partial charge in [-0.05, 0) is 19.9 Å². The van der Waals surface area contributed by atoms with Crippen molar-refractivity contribution in [3.63, 3.8) is 0 Å². The molecule has 0 spiro atoms. The molecule has 0 aliphatic heterocycles. The van der Waals surface area contributed by atoms with Crippen molar-refractivity contribution in [2.45, 2.75) is 19.9 Å². The first-order valence-corrected chi connectivity index (χ1v) is 7.88. The number of nitrogens with one attached hydrogen (secondary N) is 1. The molecule has 0 fully saturated rings. The molecule has 128 valence electrons. The van der Waals surface area contributed by atoms with E-state index in [0.717, 1.165) is 5.56 Å². The van der Waals surface area contributed by atoms with Crippen molar-refractivity contribution >= 4 is 22.8 Å². The molecule has 1 unspecified atom stereocenters. The van der Waals surface area contributed by atoms with E-state index in [9.17, 15) is 9.59 Å². The predicted molar refractivity (Wildman–Crippen MR) is 94.8 cm³/mol. The molecule has 25 heavy (non-hydrogen) atoms. The largest absolute Gasteiger partial charge is 0.368 e. The van der Waals surface area contributed by atoms with Gasteiger partial charge in [0.15, 0.2) is 5.65 Å². The SMILES string of the molecule is Cc1nn(C)c2nc(-c3ccccc3)cc(C(=O)NC(C)C(N)=O)c12. The number of pyridine rings is 1. The van der Waals surface area contributed by atoms with E-state index in [1.807, 2.05) is 37.3 Å². The van der Waals surface area contributed by atoms with Gasteiger partial charge in [0.25, 0.3) is 5.91 Å². The maximum absolute atomic E-state index is 12.7. The molecule has 1 atom stereocenters. The molecular weight excluding hydrogens is 318 g/mol. The van der Waals surface area contributed by atoms with Crippen LogP contribution in [0.25, 0.3) is 22.3 Å². The normalized spacial score (nSPS) is 12.1. The first-order chi connectivity index (χ1) is 11.9. The Morgan fingerprint density at radius 2 is 1.92 bits per heavy atom. The molecule has 0 saturated carbocycles. The molecule has 1 aromatic carbocycles. The number of nitrogens with two attached hydrogens (primary N) is 1. The number of hydrogen-bond donors (Lipinski definition) is 2. The first-order valence-electron chi connectivity index (χ1n) is 7.88. The zero-order valence-electron chi connectivity index (χ0n) is 14.3. The van der Waals surface area contributed by atoms with Gasteiger partial charge in [0.2, 0.25) is 5.91 Å². The summed E-state index contributed by atoms with van der Waals surface area (Å²) in [5, 5.41) is 7.65. The fourth-order valence-corrected chi connectivity index (χ4v) is 2.73. The Morgan fingerprint density at radius 1 is 1.24 bits per heavy atom. The van der Waals surface area contributed by atoms with Crippen LogP contribution in [-0.4, -0.2) is 32.6 Å². The van der Waals surface area contributed by atoms with Gasteiger partial charge < -0.3 is 11.1 Å². The van der Waals surface area contributed by atoms with Gasteiger partial charge in [-0.3, -0.25) is 14.3 Å². The monoisotopic (exact) mass is 337 g/mol. The molecule has 0 aliphatic rings. The van der Waals surface area contributed by atoms with E-state index in [1.54, 1.807) is 24.7 Å². The number of hydrogen-bond acceptors (Lipinski definition) is 4. The second-order valence-corrected chi connectivity index (χ2v) is 5.93. The van der Waals surface area contributed by atoms with Gasteiger partial charge in [-0.25, -0.2) is 4.98 Å². The minimum absolute atomic E-state index is 0.382. The smallest absolute Gasteiger partial charge is 0.252 e. The Morgan fingerprint density at radius 3 is 2.56 bits per heavy atom. The third kappa shape index (κ3) is 3.08. The third-order valence-electron chi connectivity index (χ3n) is 4.06. The predicted octanol–water partition coefficient (Wildman–Crippen LogP) is 1.55.